The van der Waals surface area contributed by atoms with Gasteiger partial charge in [-0.05, 0) is 35.0 Å². The van der Waals surface area contributed by atoms with E-state index < -0.39 is 5.91 Å². The maximum absolute atomic E-state index is 10.9. The number of amides is 1. The van der Waals surface area contributed by atoms with Crippen molar-refractivity contribution >= 4 is 21.8 Å². The van der Waals surface area contributed by atoms with Gasteiger partial charge in [-0.15, -0.1) is 0 Å². The molecule has 2 aromatic rings. The number of imidazole rings is 1. The Labute approximate surface area is 101 Å². The van der Waals surface area contributed by atoms with E-state index in [1.54, 1.807) is 12.1 Å². The monoisotopic (exact) mass is 279 g/mol. The minimum absolute atomic E-state index is 0.427. The van der Waals surface area contributed by atoms with Crippen LogP contribution in [0.4, 0.5) is 0 Å². The van der Waals surface area contributed by atoms with Gasteiger partial charge < -0.3 is 10.7 Å². The van der Waals surface area contributed by atoms with Crippen molar-refractivity contribution in [1.29, 1.82) is 0 Å². The van der Waals surface area contributed by atoms with E-state index in [2.05, 4.69) is 25.9 Å². The largest absolute Gasteiger partial charge is 0.366 e. The minimum Gasteiger partial charge on any atom is -0.366 e. The number of rotatable bonds is 2. The molecule has 1 amide bonds. The van der Waals surface area contributed by atoms with Crippen molar-refractivity contribution in [2.75, 3.05) is 0 Å². The summed E-state index contributed by atoms with van der Waals surface area (Å²) >= 11 is 3.39. The van der Waals surface area contributed by atoms with E-state index in [1.165, 1.54) is 0 Å². The van der Waals surface area contributed by atoms with E-state index >= 15 is 0 Å². The van der Waals surface area contributed by atoms with E-state index in [4.69, 9.17) is 5.73 Å². The number of aromatic nitrogens is 2. The summed E-state index contributed by atoms with van der Waals surface area (Å²) in [5.41, 5.74) is 7.42. The molecule has 0 aliphatic heterocycles. The van der Waals surface area contributed by atoms with Gasteiger partial charge in [-0.1, -0.05) is 12.1 Å². The zero-order chi connectivity index (χ0) is 11.7. The molecule has 0 saturated heterocycles. The van der Waals surface area contributed by atoms with E-state index in [9.17, 15) is 4.79 Å². The molecular formula is C11H10BrN3O. The highest BCUT2D eigenvalue weighted by Gasteiger charge is 2.08. The van der Waals surface area contributed by atoms with Crippen LogP contribution in [0.1, 0.15) is 16.2 Å². The molecule has 4 nitrogen and oxygen atoms in total. The average Bonchev–Trinajstić information content (AvgIpc) is 2.58. The van der Waals surface area contributed by atoms with E-state index in [0.717, 1.165) is 21.7 Å². The smallest absolute Gasteiger partial charge is 0.248 e. The van der Waals surface area contributed by atoms with Crippen LogP contribution in [0.3, 0.4) is 0 Å². The molecule has 0 unspecified atom stereocenters. The fourth-order valence-electron chi connectivity index (χ4n) is 1.45. The molecule has 16 heavy (non-hydrogen) atoms. The van der Waals surface area contributed by atoms with Crippen LogP contribution in [-0.4, -0.2) is 15.9 Å². The number of H-pyrrole nitrogens is 1. The first-order valence-corrected chi connectivity index (χ1v) is 5.49. The third kappa shape index (κ3) is 1.99. The Morgan fingerprint density at radius 1 is 1.38 bits per heavy atom. The minimum atomic E-state index is -0.427. The Morgan fingerprint density at radius 2 is 2.00 bits per heavy atom. The third-order valence-electron chi connectivity index (χ3n) is 2.22. The predicted molar refractivity (Wildman–Crippen MR) is 65.0 cm³/mol. The van der Waals surface area contributed by atoms with Crippen molar-refractivity contribution in [1.82, 2.24) is 9.97 Å². The van der Waals surface area contributed by atoms with Crippen LogP contribution in [0.2, 0.25) is 0 Å². The molecule has 0 saturated carbocycles. The molecule has 1 aromatic heterocycles. The number of nitrogens with one attached hydrogen (secondary N) is 1. The Hall–Kier alpha value is -1.62. The van der Waals surface area contributed by atoms with Crippen LogP contribution < -0.4 is 5.73 Å². The Kier molecular flexibility index (Phi) is 2.78. The number of halogens is 1. The Bertz CT molecular complexity index is 531. The van der Waals surface area contributed by atoms with Crippen molar-refractivity contribution in [2.24, 2.45) is 5.73 Å². The maximum atomic E-state index is 10.9. The highest BCUT2D eigenvalue weighted by molar-refractivity contribution is 9.10. The Balaban J connectivity index is 2.42. The van der Waals surface area contributed by atoms with E-state index in [-0.39, 0.29) is 0 Å². The summed E-state index contributed by atoms with van der Waals surface area (Å²) in [5, 5.41) is 0. The number of nitrogens with two attached hydrogens (primary N) is 1. The van der Waals surface area contributed by atoms with Crippen molar-refractivity contribution in [3.8, 4) is 11.3 Å². The van der Waals surface area contributed by atoms with Gasteiger partial charge in [0.2, 0.25) is 5.91 Å². The molecule has 0 fully saturated rings. The maximum Gasteiger partial charge on any atom is 0.248 e. The van der Waals surface area contributed by atoms with Crippen LogP contribution in [-0.2, 0) is 0 Å². The highest BCUT2D eigenvalue weighted by atomic mass is 79.9. The summed E-state index contributed by atoms with van der Waals surface area (Å²) in [5.74, 6) is 0.407. The summed E-state index contributed by atoms with van der Waals surface area (Å²) in [6, 6.07) is 7.02. The first kappa shape index (κ1) is 10.9. The molecule has 3 N–H and O–H groups in total. The summed E-state index contributed by atoms with van der Waals surface area (Å²) in [7, 11) is 0. The molecule has 0 aliphatic carbocycles. The summed E-state index contributed by atoms with van der Waals surface area (Å²) < 4.78 is 0.830. The highest BCUT2D eigenvalue weighted by Crippen LogP contribution is 2.25. The average molecular weight is 280 g/mol. The fraction of sp³-hybridized carbons (Fsp3) is 0.0909. The standard InChI is InChI=1S/C11H10BrN3O/c1-6-14-9(10(12)15-6)7-2-4-8(5-3-7)11(13)16/h2-5H,1H3,(H2,13,16)(H,14,15). The van der Waals surface area contributed by atoms with Gasteiger partial charge in [0.05, 0.1) is 0 Å². The second-order valence-corrected chi connectivity index (χ2v) is 4.22. The summed E-state index contributed by atoms with van der Waals surface area (Å²) in [6.07, 6.45) is 0. The molecule has 82 valence electrons. The number of hydrogen-bond donors (Lipinski definition) is 2. The molecule has 5 heteroatoms. The lowest BCUT2D eigenvalue weighted by Crippen LogP contribution is -2.10. The molecule has 0 radical (unpaired) electrons. The van der Waals surface area contributed by atoms with Crippen LogP contribution >= 0.6 is 15.9 Å². The van der Waals surface area contributed by atoms with Crippen molar-refractivity contribution in [2.45, 2.75) is 6.92 Å². The van der Waals surface area contributed by atoms with Crippen molar-refractivity contribution < 1.29 is 4.79 Å². The molecule has 0 spiro atoms. The van der Waals surface area contributed by atoms with Crippen LogP contribution in [0.25, 0.3) is 11.3 Å². The number of carbonyl (C=O) groups excluding carboxylic acids is 1. The number of primary amides is 1. The third-order valence-corrected chi connectivity index (χ3v) is 2.79. The zero-order valence-corrected chi connectivity index (χ0v) is 10.2. The molecule has 0 aliphatic rings. The molecular weight excluding hydrogens is 270 g/mol. The second-order valence-electron chi connectivity index (χ2n) is 3.43. The number of nitrogens with zero attached hydrogens (tertiary/aromatic N) is 1. The molecule has 1 aromatic carbocycles. The lowest BCUT2D eigenvalue weighted by atomic mass is 10.1. The Morgan fingerprint density at radius 3 is 2.44 bits per heavy atom. The van der Waals surface area contributed by atoms with Gasteiger partial charge in [0, 0.05) is 11.1 Å². The van der Waals surface area contributed by atoms with Gasteiger partial charge in [-0.2, -0.15) is 0 Å². The van der Waals surface area contributed by atoms with Crippen LogP contribution in [0.15, 0.2) is 28.9 Å². The molecule has 1 heterocycles. The van der Waals surface area contributed by atoms with Gasteiger partial charge >= 0.3 is 0 Å². The lowest BCUT2D eigenvalue weighted by Gasteiger charge is -1.99. The second kappa shape index (κ2) is 4.09. The van der Waals surface area contributed by atoms with Gasteiger partial charge in [0.1, 0.15) is 16.1 Å². The van der Waals surface area contributed by atoms with Gasteiger partial charge in [-0.25, -0.2) is 4.98 Å². The van der Waals surface area contributed by atoms with Crippen LogP contribution in [0.5, 0.6) is 0 Å². The first-order chi connectivity index (χ1) is 7.58. The van der Waals surface area contributed by atoms with Gasteiger partial charge in [0.25, 0.3) is 0 Å². The van der Waals surface area contributed by atoms with Gasteiger partial charge in [0.15, 0.2) is 0 Å². The quantitative estimate of drug-likeness (QED) is 0.885. The van der Waals surface area contributed by atoms with Crippen molar-refractivity contribution in [3.05, 3.63) is 40.3 Å². The summed E-state index contributed by atoms with van der Waals surface area (Å²) in [6.45, 7) is 1.88. The number of benzene rings is 1. The molecule has 0 bridgehead atoms. The number of aromatic amines is 1. The number of hydrogen-bond acceptors (Lipinski definition) is 2. The topological polar surface area (TPSA) is 71.8 Å². The zero-order valence-electron chi connectivity index (χ0n) is 8.62. The summed E-state index contributed by atoms with van der Waals surface area (Å²) in [4.78, 5) is 18.3. The van der Waals surface area contributed by atoms with E-state index in [1.807, 2.05) is 19.1 Å². The van der Waals surface area contributed by atoms with Crippen molar-refractivity contribution in [3.63, 3.8) is 0 Å². The molecule has 2 rings (SSSR count). The SMILES string of the molecule is Cc1nc(-c2ccc(C(N)=O)cc2)c(Br)[nH]1. The van der Waals surface area contributed by atoms with E-state index in [0.29, 0.717) is 5.56 Å². The number of aryl methyl sites for hydroxylation is 1. The molecule has 0 atom stereocenters. The normalized spacial score (nSPS) is 10.4. The van der Waals surface area contributed by atoms with Crippen LogP contribution in [0, 0.1) is 6.92 Å². The first-order valence-electron chi connectivity index (χ1n) is 4.70. The fourth-order valence-corrected chi connectivity index (χ4v) is 2.05. The number of carbonyl (C=O) groups is 1. The predicted octanol–water partition coefficient (Wildman–Crippen LogP) is 2.25. The lowest BCUT2D eigenvalue weighted by molar-refractivity contribution is 0.100. The van der Waals surface area contributed by atoms with Gasteiger partial charge in [-0.3, -0.25) is 4.79 Å².